The van der Waals surface area contributed by atoms with Crippen molar-refractivity contribution in [2.75, 3.05) is 0 Å². The molecule has 6 aromatic carbocycles. The van der Waals surface area contributed by atoms with Gasteiger partial charge < -0.3 is 9.13 Å². The number of hydrogen-bond donors (Lipinski definition) is 0. The third-order valence-corrected chi connectivity index (χ3v) is 7.86. The summed E-state index contributed by atoms with van der Waals surface area (Å²) in [5.74, 6) is 0. The van der Waals surface area contributed by atoms with E-state index in [-0.39, 0.29) is 0 Å². The highest BCUT2D eigenvalue weighted by Gasteiger charge is 2.04. The largest absolute Gasteiger partial charge is 0.323 e. The molecule has 0 saturated heterocycles. The van der Waals surface area contributed by atoms with Crippen LogP contribution in [0.15, 0.2) is 146 Å². The topological polar surface area (TPSA) is 9.86 Å². The van der Waals surface area contributed by atoms with Gasteiger partial charge in [0.05, 0.1) is 0 Å². The third-order valence-electron chi connectivity index (χ3n) is 7.86. The van der Waals surface area contributed by atoms with Gasteiger partial charge in [-0.2, -0.15) is 0 Å². The molecule has 2 nitrogen and oxygen atoms in total. The van der Waals surface area contributed by atoms with Gasteiger partial charge in [0.25, 0.3) is 0 Å². The first-order valence-electron chi connectivity index (χ1n) is 13.7. The lowest BCUT2D eigenvalue weighted by Gasteiger charge is -2.07. The van der Waals surface area contributed by atoms with E-state index in [2.05, 4.69) is 167 Å². The number of nitrogens with zero attached hydrogens (tertiary/aromatic N) is 2. The maximum Gasteiger partial charge on any atom is 0.0456 e. The average molecular weight is 511 g/mol. The summed E-state index contributed by atoms with van der Waals surface area (Å²) >= 11 is 0. The summed E-state index contributed by atoms with van der Waals surface area (Å²) < 4.78 is 4.42. The Kier molecular flexibility index (Phi) is 5.17. The van der Waals surface area contributed by atoms with Gasteiger partial charge in [-0.15, -0.1) is 0 Å². The highest BCUT2D eigenvalue weighted by atomic mass is 14.9. The average Bonchev–Trinajstić information content (AvgIpc) is 3.64. The highest BCUT2D eigenvalue weighted by Crippen LogP contribution is 2.26. The van der Waals surface area contributed by atoms with Gasteiger partial charge in [-0.1, -0.05) is 97.1 Å². The lowest BCUT2D eigenvalue weighted by molar-refractivity contribution is 1.09. The van der Waals surface area contributed by atoms with E-state index in [1.807, 2.05) is 0 Å². The molecule has 0 aliphatic heterocycles. The minimum absolute atomic E-state index is 1.18. The van der Waals surface area contributed by atoms with Crippen molar-refractivity contribution in [1.29, 1.82) is 0 Å². The zero-order chi connectivity index (χ0) is 26.5. The van der Waals surface area contributed by atoms with Crippen molar-refractivity contribution in [3.8, 4) is 11.4 Å². The highest BCUT2D eigenvalue weighted by molar-refractivity contribution is 5.91. The van der Waals surface area contributed by atoms with Gasteiger partial charge in [0, 0.05) is 36.2 Å². The zero-order valence-electron chi connectivity index (χ0n) is 21.9. The van der Waals surface area contributed by atoms with Crippen LogP contribution in [0.2, 0.25) is 0 Å². The van der Waals surface area contributed by atoms with Gasteiger partial charge in [-0.25, -0.2) is 0 Å². The first-order chi connectivity index (χ1) is 19.7. The normalized spacial score (nSPS) is 11.9. The fourth-order valence-electron chi connectivity index (χ4n) is 5.69. The summed E-state index contributed by atoms with van der Waals surface area (Å²) in [7, 11) is 0. The van der Waals surface area contributed by atoms with E-state index in [1.54, 1.807) is 0 Å². The molecule has 8 rings (SSSR count). The Morgan fingerprint density at radius 3 is 1.07 bits per heavy atom. The van der Waals surface area contributed by atoms with E-state index in [0.29, 0.717) is 0 Å². The van der Waals surface area contributed by atoms with E-state index in [1.165, 1.54) is 65.6 Å². The van der Waals surface area contributed by atoms with Gasteiger partial charge in [0.15, 0.2) is 0 Å². The molecule has 8 aromatic rings. The van der Waals surface area contributed by atoms with Gasteiger partial charge in [0.2, 0.25) is 0 Å². The predicted octanol–water partition coefficient (Wildman–Crippen LogP) is 10.1. The van der Waals surface area contributed by atoms with Gasteiger partial charge in [-0.3, -0.25) is 0 Å². The molecule has 0 unspecified atom stereocenters. The van der Waals surface area contributed by atoms with Crippen molar-refractivity contribution in [1.82, 2.24) is 9.13 Å². The molecule has 0 aliphatic carbocycles. The van der Waals surface area contributed by atoms with E-state index in [4.69, 9.17) is 0 Å². The number of benzene rings is 6. The lowest BCUT2D eigenvalue weighted by atomic mass is 10.0. The van der Waals surface area contributed by atoms with Gasteiger partial charge in [-0.05, 0) is 90.6 Å². The van der Waals surface area contributed by atoms with E-state index >= 15 is 0 Å². The van der Waals surface area contributed by atoms with Gasteiger partial charge >= 0.3 is 0 Å². The number of rotatable bonds is 4. The van der Waals surface area contributed by atoms with Crippen LogP contribution in [-0.4, -0.2) is 9.13 Å². The molecular weight excluding hydrogens is 484 g/mol. The van der Waals surface area contributed by atoms with Crippen LogP contribution in [0, 0.1) is 0 Å². The van der Waals surface area contributed by atoms with Crippen LogP contribution < -0.4 is 0 Å². The Morgan fingerprint density at radius 1 is 0.325 bits per heavy atom. The number of aromatic nitrogens is 2. The Hall–Kier alpha value is -5.34. The summed E-state index contributed by atoms with van der Waals surface area (Å²) in [6.07, 6.45) is 13.2. The smallest absolute Gasteiger partial charge is 0.0456 e. The SMILES string of the molecule is C(=Cc1ccc2cc(-n3cc4ccccc4c3)ccc2c1)c1ccc2cc(-n3cc4ccccc4c3)ccc2c1. The van der Waals surface area contributed by atoms with Crippen molar-refractivity contribution in [3.05, 3.63) is 157 Å². The second-order valence-corrected chi connectivity index (χ2v) is 10.5. The van der Waals surface area contributed by atoms with Crippen molar-refractivity contribution < 1.29 is 0 Å². The molecular formula is C38H26N2. The fourth-order valence-corrected chi connectivity index (χ4v) is 5.69. The van der Waals surface area contributed by atoms with Crippen LogP contribution in [0.1, 0.15) is 11.1 Å². The van der Waals surface area contributed by atoms with E-state index < -0.39 is 0 Å². The summed E-state index contributed by atoms with van der Waals surface area (Å²) in [5.41, 5.74) is 4.75. The molecule has 0 atom stereocenters. The first-order valence-corrected chi connectivity index (χ1v) is 13.7. The minimum atomic E-state index is 1.18. The van der Waals surface area contributed by atoms with Crippen LogP contribution in [0.3, 0.4) is 0 Å². The summed E-state index contributed by atoms with van der Waals surface area (Å²) in [6, 6.07) is 43.7. The van der Waals surface area contributed by atoms with Crippen LogP contribution >= 0.6 is 0 Å². The van der Waals surface area contributed by atoms with Crippen LogP contribution in [0.4, 0.5) is 0 Å². The molecule has 40 heavy (non-hydrogen) atoms. The second kappa shape index (κ2) is 9.14. The van der Waals surface area contributed by atoms with Crippen molar-refractivity contribution in [3.63, 3.8) is 0 Å². The molecule has 0 aliphatic rings. The summed E-state index contributed by atoms with van der Waals surface area (Å²) in [6.45, 7) is 0. The number of hydrogen-bond acceptors (Lipinski definition) is 0. The standard InChI is InChI=1S/C38H26N2/c1-2-6-34-24-39(23-33(34)5-1)37-17-15-29-19-27(11-13-31(29)21-37)9-10-28-12-14-32-22-38(18-16-30(32)20-28)40-25-35-7-3-4-8-36(35)26-40/h1-26H. The summed E-state index contributed by atoms with van der Waals surface area (Å²) in [5, 5.41) is 9.99. The second-order valence-electron chi connectivity index (χ2n) is 10.5. The molecule has 0 fully saturated rings. The summed E-state index contributed by atoms with van der Waals surface area (Å²) in [4.78, 5) is 0. The molecule has 2 heteroatoms. The molecule has 0 saturated carbocycles. The molecule has 0 amide bonds. The molecule has 0 N–H and O–H groups in total. The molecule has 0 spiro atoms. The van der Waals surface area contributed by atoms with Crippen LogP contribution in [-0.2, 0) is 0 Å². The molecule has 0 radical (unpaired) electrons. The van der Waals surface area contributed by atoms with Crippen LogP contribution in [0.5, 0.6) is 0 Å². The Bertz CT molecular complexity index is 2000. The monoisotopic (exact) mass is 510 g/mol. The predicted molar refractivity (Wildman–Crippen MR) is 170 cm³/mol. The zero-order valence-corrected chi connectivity index (χ0v) is 21.9. The molecule has 2 aromatic heterocycles. The first kappa shape index (κ1) is 22.6. The quantitative estimate of drug-likeness (QED) is 0.208. The maximum absolute atomic E-state index is 2.26. The molecule has 0 bridgehead atoms. The lowest BCUT2D eigenvalue weighted by Crippen LogP contribution is -1.89. The van der Waals surface area contributed by atoms with E-state index in [0.717, 1.165) is 0 Å². The van der Waals surface area contributed by atoms with Crippen molar-refractivity contribution in [2.24, 2.45) is 0 Å². The van der Waals surface area contributed by atoms with Gasteiger partial charge in [0.1, 0.15) is 0 Å². The van der Waals surface area contributed by atoms with Crippen molar-refractivity contribution in [2.45, 2.75) is 0 Å². The number of fused-ring (bicyclic) bond motifs is 4. The Labute approximate surface area is 232 Å². The Morgan fingerprint density at radius 2 is 0.675 bits per heavy atom. The van der Waals surface area contributed by atoms with Crippen LogP contribution in [0.25, 0.3) is 66.6 Å². The maximum atomic E-state index is 2.26. The van der Waals surface area contributed by atoms with E-state index in [9.17, 15) is 0 Å². The minimum Gasteiger partial charge on any atom is -0.323 e. The van der Waals surface area contributed by atoms with Crippen molar-refractivity contribution >= 4 is 55.2 Å². The Balaban J connectivity index is 1.05. The molecule has 2 heterocycles. The fraction of sp³-hybridized carbons (Fsp3) is 0. The third kappa shape index (κ3) is 4.07. The molecule has 188 valence electrons.